The summed E-state index contributed by atoms with van der Waals surface area (Å²) in [6.45, 7) is 3.48. The summed E-state index contributed by atoms with van der Waals surface area (Å²) in [7, 11) is 0. The van der Waals surface area contributed by atoms with Crippen molar-refractivity contribution in [2.45, 2.75) is 6.42 Å². The predicted molar refractivity (Wildman–Crippen MR) is 61.1 cm³/mol. The van der Waals surface area contributed by atoms with Gasteiger partial charge in [0.05, 0.1) is 18.4 Å². The Morgan fingerprint density at radius 2 is 1.88 bits per heavy atom. The Hall–Kier alpha value is -1.54. The third-order valence-corrected chi connectivity index (χ3v) is 3.42. The molecule has 2 aliphatic rings. The molecular weight excluding hydrogens is 220 g/mol. The molecule has 0 radical (unpaired) electrons. The molecule has 0 unspecified atom stereocenters. The van der Waals surface area contributed by atoms with Crippen molar-refractivity contribution in [1.29, 1.82) is 0 Å². The second-order valence-corrected chi connectivity index (χ2v) is 4.59. The minimum Gasteiger partial charge on any atom is -0.481 e. The molecule has 5 heteroatoms. The van der Waals surface area contributed by atoms with E-state index >= 15 is 0 Å². The van der Waals surface area contributed by atoms with E-state index in [0.29, 0.717) is 26.1 Å². The lowest BCUT2D eigenvalue weighted by Crippen LogP contribution is -2.49. The van der Waals surface area contributed by atoms with Crippen LogP contribution in [0.1, 0.15) is 6.42 Å². The van der Waals surface area contributed by atoms with E-state index in [-0.39, 0.29) is 11.8 Å². The van der Waals surface area contributed by atoms with E-state index in [1.54, 1.807) is 4.90 Å². The van der Waals surface area contributed by atoms with E-state index in [1.807, 2.05) is 0 Å². The van der Waals surface area contributed by atoms with Crippen molar-refractivity contribution in [2.75, 3.05) is 32.7 Å². The minimum atomic E-state index is -0.852. The lowest BCUT2D eigenvalue weighted by Gasteiger charge is -2.33. The van der Waals surface area contributed by atoms with Crippen LogP contribution in [0.5, 0.6) is 0 Å². The Bertz CT molecular complexity index is 366. The molecule has 1 N–H and O–H groups in total. The number of amides is 1. The zero-order valence-electron chi connectivity index (χ0n) is 9.63. The third kappa shape index (κ3) is 2.59. The molecule has 0 spiro atoms. The van der Waals surface area contributed by atoms with Crippen LogP contribution in [0, 0.1) is 24.2 Å². The Labute approximate surface area is 100 Å². The number of piperazine rings is 1. The zero-order chi connectivity index (χ0) is 12.4. The minimum absolute atomic E-state index is 0.00208. The Morgan fingerprint density at radius 3 is 2.35 bits per heavy atom. The first kappa shape index (κ1) is 11.9. The number of rotatable bonds is 3. The van der Waals surface area contributed by atoms with Gasteiger partial charge in [0.2, 0.25) is 5.91 Å². The van der Waals surface area contributed by atoms with Gasteiger partial charge in [-0.05, 0) is 6.42 Å². The zero-order valence-corrected chi connectivity index (χ0v) is 9.63. The maximum atomic E-state index is 11.9. The summed E-state index contributed by atoms with van der Waals surface area (Å²) in [5.41, 5.74) is 0. The van der Waals surface area contributed by atoms with Gasteiger partial charge >= 0.3 is 5.97 Å². The molecule has 0 aromatic carbocycles. The standard InChI is InChI=1S/C12H16N2O3/c1-2-3-13-4-6-14(7-5-13)11(15)9-8-10(9)12(16)17/h1,9-10H,3-8H2,(H,16,17)/t9-,10+/m1/s1. The average molecular weight is 236 g/mol. The normalized spacial score (nSPS) is 28.5. The van der Waals surface area contributed by atoms with E-state index < -0.39 is 11.9 Å². The fraction of sp³-hybridized carbons (Fsp3) is 0.667. The van der Waals surface area contributed by atoms with Gasteiger partial charge < -0.3 is 10.0 Å². The second kappa shape index (κ2) is 4.76. The van der Waals surface area contributed by atoms with E-state index in [9.17, 15) is 9.59 Å². The van der Waals surface area contributed by atoms with Crippen molar-refractivity contribution < 1.29 is 14.7 Å². The average Bonchev–Trinajstić information content (AvgIpc) is 3.09. The van der Waals surface area contributed by atoms with Crippen LogP contribution in [0.15, 0.2) is 0 Å². The molecule has 92 valence electrons. The molecule has 0 bridgehead atoms. The quantitative estimate of drug-likeness (QED) is 0.670. The molecule has 2 atom stereocenters. The van der Waals surface area contributed by atoms with Gasteiger partial charge in [0.1, 0.15) is 0 Å². The fourth-order valence-corrected chi connectivity index (χ4v) is 2.23. The predicted octanol–water partition coefficient (Wildman–Crippen LogP) is -0.515. The summed E-state index contributed by atoms with van der Waals surface area (Å²) in [5.74, 6) is 0.991. The third-order valence-electron chi connectivity index (χ3n) is 3.42. The van der Waals surface area contributed by atoms with Gasteiger partial charge in [-0.25, -0.2) is 0 Å². The smallest absolute Gasteiger partial charge is 0.307 e. The van der Waals surface area contributed by atoms with Gasteiger partial charge in [0, 0.05) is 26.2 Å². The van der Waals surface area contributed by atoms with Crippen LogP contribution in [-0.2, 0) is 9.59 Å². The van der Waals surface area contributed by atoms with Crippen LogP contribution in [0.4, 0.5) is 0 Å². The Balaban J connectivity index is 1.80. The van der Waals surface area contributed by atoms with Crippen molar-refractivity contribution in [1.82, 2.24) is 9.80 Å². The summed E-state index contributed by atoms with van der Waals surface area (Å²) >= 11 is 0. The lowest BCUT2D eigenvalue weighted by molar-refractivity contribution is -0.142. The van der Waals surface area contributed by atoms with Gasteiger partial charge in [-0.2, -0.15) is 0 Å². The van der Waals surface area contributed by atoms with Crippen LogP contribution in [0.2, 0.25) is 0 Å². The van der Waals surface area contributed by atoms with Crippen LogP contribution < -0.4 is 0 Å². The van der Waals surface area contributed by atoms with Crippen molar-refractivity contribution >= 4 is 11.9 Å². The van der Waals surface area contributed by atoms with Crippen molar-refractivity contribution in [3.05, 3.63) is 0 Å². The highest BCUT2D eigenvalue weighted by molar-refractivity contribution is 5.89. The van der Waals surface area contributed by atoms with Crippen LogP contribution in [0.25, 0.3) is 0 Å². The largest absolute Gasteiger partial charge is 0.481 e. The number of carbonyl (C=O) groups is 2. The first-order valence-corrected chi connectivity index (χ1v) is 5.81. The van der Waals surface area contributed by atoms with Gasteiger partial charge in [0.25, 0.3) is 0 Å². The van der Waals surface area contributed by atoms with Gasteiger partial charge in [-0.15, -0.1) is 6.42 Å². The number of nitrogens with zero attached hydrogens (tertiary/aromatic N) is 2. The molecule has 0 aromatic rings. The molecular formula is C12H16N2O3. The van der Waals surface area contributed by atoms with Crippen LogP contribution >= 0.6 is 0 Å². The van der Waals surface area contributed by atoms with Gasteiger partial charge in [-0.3, -0.25) is 14.5 Å². The highest BCUT2D eigenvalue weighted by Gasteiger charge is 2.49. The number of hydrogen-bond donors (Lipinski definition) is 1. The van der Waals surface area contributed by atoms with E-state index in [0.717, 1.165) is 13.1 Å². The number of aliphatic carboxylic acids is 1. The first-order valence-electron chi connectivity index (χ1n) is 5.81. The summed E-state index contributed by atoms with van der Waals surface area (Å²) in [6.07, 6.45) is 5.72. The topological polar surface area (TPSA) is 60.9 Å². The lowest BCUT2D eigenvalue weighted by atomic mass is 10.2. The molecule has 17 heavy (non-hydrogen) atoms. The van der Waals surface area contributed by atoms with Crippen molar-refractivity contribution in [3.63, 3.8) is 0 Å². The summed E-state index contributed by atoms with van der Waals surface area (Å²) < 4.78 is 0. The molecule has 2 fully saturated rings. The molecule has 1 saturated heterocycles. The number of hydrogen-bond acceptors (Lipinski definition) is 3. The molecule has 1 saturated carbocycles. The Morgan fingerprint density at radius 1 is 1.24 bits per heavy atom. The molecule has 2 rings (SSSR count). The van der Waals surface area contributed by atoms with E-state index in [4.69, 9.17) is 11.5 Å². The maximum Gasteiger partial charge on any atom is 0.307 e. The molecule has 1 amide bonds. The monoisotopic (exact) mass is 236 g/mol. The molecule has 1 aliphatic carbocycles. The number of carbonyl (C=O) groups excluding carboxylic acids is 1. The molecule has 1 heterocycles. The van der Waals surface area contributed by atoms with Crippen molar-refractivity contribution in [2.24, 2.45) is 11.8 Å². The maximum absolute atomic E-state index is 11.9. The van der Waals surface area contributed by atoms with Gasteiger partial charge in [0.15, 0.2) is 0 Å². The van der Waals surface area contributed by atoms with Crippen LogP contribution in [-0.4, -0.2) is 59.5 Å². The number of carboxylic acids is 1. The fourth-order valence-electron chi connectivity index (χ4n) is 2.23. The molecule has 1 aliphatic heterocycles. The first-order chi connectivity index (χ1) is 8.13. The van der Waals surface area contributed by atoms with Crippen LogP contribution in [0.3, 0.4) is 0 Å². The number of carboxylic acid groups (broad SMARTS) is 1. The van der Waals surface area contributed by atoms with Gasteiger partial charge in [-0.1, -0.05) is 5.92 Å². The SMILES string of the molecule is C#CCN1CCN(C(=O)[C@@H]2C[C@@H]2C(=O)O)CC1. The summed E-state index contributed by atoms with van der Waals surface area (Å²) in [6, 6.07) is 0. The highest BCUT2D eigenvalue weighted by atomic mass is 16.4. The van der Waals surface area contributed by atoms with E-state index in [2.05, 4.69) is 10.8 Å². The van der Waals surface area contributed by atoms with E-state index in [1.165, 1.54) is 0 Å². The summed E-state index contributed by atoms with van der Waals surface area (Å²) in [5, 5.41) is 8.78. The molecule has 5 nitrogen and oxygen atoms in total. The second-order valence-electron chi connectivity index (χ2n) is 4.59. The Kier molecular flexibility index (Phi) is 3.34. The number of terminal acetylenes is 1. The van der Waals surface area contributed by atoms with Crippen molar-refractivity contribution in [3.8, 4) is 12.3 Å². The molecule has 0 aromatic heterocycles. The highest BCUT2D eigenvalue weighted by Crippen LogP contribution is 2.40. The summed E-state index contributed by atoms with van der Waals surface area (Å²) in [4.78, 5) is 26.5.